The number of rotatable bonds is 11. The first kappa shape index (κ1) is 15.9. The van der Waals surface area contributed by atoms with Gasteiger partial charge in [0.1, 0.15) is 0 Å². The van der Waals surface area contributed by atoms with E-state index in [0.29, 0.717) is 26.4 Å². The van der Waals surface area contributed by atoms with Crippen molar-refractivity contribution in [2.24, 2.45) is 0 Å². The second-order valence-electron chi connectivity index (χ2n) is 4.83. The predicted octanol–water partition coefficient (Wildman–Crippen LogP) is 0.0858. The van der Waals surface area contributed by atoms with Crippen LogP contribution < -0.4 is 5.32 Å². The topological polar surface area (TPSA) is 54.0 Å². The molecule has 5 nitrogen and oxygen atoms in total. The van der Waals surface area contributed by atoms with E-state index in [2.05, 4.69) is 10.2 Å². The third-order valence-electron chi connectivity index (χ3n) is 3.15. The molecule has 1 aliphatic heterocycles. The van der Waals surface area contributed by atoms with Crippen LogP contribution in [0.1, 0.15) is 19.3 Å². The van der Waals surface area contributed by atoms with Crippen LogP contribution in [0.5, 0.6) is 0 Å². The maximum atomic E-state index is 9.62. The molecule has 1 heterocycles. The highest BCUT2D eigenvalue weighted by atomic mass is 16.5. The molecule has 0 aromatic heterocycles. The van der Waals surface area contributed by atoms with E-state index < -0.39 is 6.10 Å². The van der Waals surface area contributed by atoms with Crippen molar-refractivity contribution in [1.82, 2.24) is 10.2 Å². The lowest BCUT2D eigenvalue weighted by Crippen LogP contribution is -2.32. The smallest absolute Gasteiger partial charge is 0.0897 e. The standard InChI is InChI=1S/C13H28N2O3/c1-17-9-10-18-12-13(16)11-14-5-4-8-15-6-2-3-7-15/h13-14,16H,2-12H2,1H3. The van der Waals surface area contributed by atoms with Gasteiger partial charge in [-0.1, -0.05) is 0 Å². The van der Waals surface area contributed by atoms with Gasteiger partial charge < -0.3 is 24.8 Å². The summed E-state index contributed by atoms with van der Waals surface area (Å²) in [6, 6.07) is 0. The van der Waals surface area contributed by atoms with Crippen LogP contribution in [0.4, 0.5) is 0 Å². The molecule has 1 fully saturated rings. The normalized spacial score (nSPS) is 18.3. The zero-order valence-corrected chi connectivity index (χ0v) is 11.6. The van der Waals surface area contributed by atoms with Crippen LogP contribution in [-0.4, -0.2) is 75.8 Å². The highest BCUT2D eigenvalue weighted by Gasteiger charge is 2.10. The molecule has 0 bridgehead atoms. The van der Waals surface area contributed by atoms with Crippen LogP contribution in [0.15, 0.2) is 0 Å². The Kier molecular flexibility index (Phi) is 9.42. The molecule has 0 aromatic rings. The fourth-order valence-electron chi connectivity index (χ4n) is 2.12. The maximum Gasteiger partial charge on any atom is 0.0897 e. The Morgan fingerprint density at radius 2 is 2.06 bits per heavy atom. The fourth-order valence-corrected chi connectivity index (χ4v) is 2.12. The molecule has 0 radical (unpaired) electrons. The molecule has 0 aliphatic carbocycles. The summed E-state index contributed by atoms with van der Waals surface area (Å²) in [6.45, 7) is 6.76. The molecule has 18 heavy (non-hydrogen) atoms. The molecule has 2 N–H and O–H groups in total. The summed E-state index contributed by atoms with van der Waals surface area (Å²) in [6.07, 6.45) is 3.43. The molecule has 0 amide bonds. The van der Waals surface area contributed by atoms with Crippen molar-refractivity contribution in [2.75, 3.05) is 59.7 Å². The molecule has 1 aliphatic rings. The van der Waals surface area contributed by atoms with Crippen LogP contribution in [0.2, 0.25) is 0 Å². The molecular formula is C13H28N2O3. The van der Waals surface area contributed by atoms with E-state index in [1.807, 2.05) is 0 Å². The molecule has 108 valence electrons. The number of methoxy groups -OCH3 is 1. The van der Waals surface area contributed by atoms with E-state index in [1.165, 1.54) is 32.5 Å². The molecule has 5 heteroatoms. The van der Waals surface area contributed by atoms with Gasteiger partial charge in [0.25, 0.3) is 0 Å². The Morgan fingerprint density at radius 1 is 1.28 bits per heavy atom. The van der Waals surface area contributed by atoms with Crippen LogP contribution in [0.25, 0.3) is 0 Å². The third-order valence-corrected chi connectivity index (χ3v) is 3.15. The zero-order valence-electron chi connectivity index (χ0n) is 11.6. The maximum absolute atomic E-state index is 9.62. The van der Waals surface area contributed by atoms with Crippen molar-refractivity contribution in [2.45, 2.75) is 25.4 Å². The quantitative estimate of drug-likeness (QED) is 0.516. The second kappa shape index (κ2) is 10.7. The van der Waals surface area contributed by atoms with Crippen molar-refractivity contribution in [3.05, 3.63) is 0 Å². The predicted molar refractivity (Wildman–Crippen MR) is 71.9 cm³/mol. The van der Waals surface area contributed by atoms with Crippen LogP contribution in [0, 0.1) is 0 Å². The summed E-state index contributed by atoms with van der Waals surface area (Å²) in [5.41, 5.74) is 0. The summed E-state index contributed by atoms with van der Waals surface area (Å²) in [4.78, 5) is 2.51. The molecule has 0 saturated carbocycles. The monoisotopic (exact) mass is 260 g/mol. The van der Waals surface area contributed by atoms with Gasteiger partial charge in [-0.15, -0.1) is 0 Å². The average molecular weight is 260 g/mol. The lowest BCUT2D eigenvalue weighted by Gasteiger charge is -2.15. The number of aliphatic hydroxyl groups is 1. The number of ether oxygens (including phenoxy) is 2. The van der Waals surface area contributed by atoms with Crippen LogP contribution >= 0.6 is 0 Å². The molecular weight excluding hydrogens is 232 g/mol. The Morgan fingerprint density at radius 3 is 2.78 bits per heavy atom. The third kappa shape index (κ3) is 8.00. The average Bonchev–Trinajstić information content (AvgIpc) is 2.87. The molecule has 1 atom stereocenters. The van der Waals surface area contributed by atoms with Gasteiger partial charge >= 0.3 is 0 Å². The van der Waals surface area contributed by atoms with Gasteiger partial charge in [0, 0.05) is 13.7 Å². The van der Waals surface area contributed by atoms with Gasteiger partial charge in [-0.3, -0.25) is 0 Å². The number of likely N-dealkylation sites (tertiary alicyclic amines) is 1. The summed E-state index contributed by atoms with van der Waals surface area (Å²) in [5, 5.41) is 12.9. The van der Waals surface area contributed by atoms with E-state index in [0.717, 1.165) is 13.0 Å². The summed E-state index contributed by atoms with van der Waals surface area (Å²) in [7, 11) is 1.64. The number of nitrogens with zero attached hydrogens (tertiary/aromatic N) is 1. The zero-order chi connectivity index (χ0) is 13.1. The first-order valence-corrected chi connectivity index (χ1v) is 7.00. The molecule has 0 aromatic carbocycles. The van der Waals surface area contributed by atoms with Gasteiger partial charge in [-0.25, -0.2) is 0 Å². The minimum absolute atomic E-state index is 0.377. The Bertz CT molecular complexity index is 187. The Balaban J connectivity index is 1.81. The van der Waals surface area contributed by atoms with Crippen LogP contribution in [0.3, 0.4) is 0 Å². The van der Waals surface area contributed by atoms with Crippen LogP contribution in [-0.2, 0) is 9.47 Å². The second-order valence-corrected chi connectivity index (χ2v) is 4.83. The van der Waals surface area contributed by atoms with E-state index in [1.54, 1.807) is 7.11 Å². The lowest BCUT2D eigenvalue weighted by atomic mass is 10.3. The van der Waals surface area contributed by atoms with Crippen molar-refractivity contribution in [3.63, 3.8) is 0 Å². The van der Waals surface area contributed by atoms with Crippen molar-refractivity contribution < 1.29 is 14.6 Å². The summed E-state index contributed by atoms with van der Waals surface area (Å²) in [5.74, 6) is 0. The summed E-state index contributed by atoms with van der Waals surface area (Å²) >= 11 is 0. The fraction of sp³-hybridized carbons (Fsp3) is 1.00. The first-order valence-electron chi connectivity index (χ1n) is 7.00. The van der Waals surface area contributed by atoms with Gasteiger partial charge in [-0.2, -0.15) is 0 Å². The Hall–Kier alpha value is -0.200. The highest BCUT2D eigenvalue weighted by Crippen LogP contribution is 2.06. The SMILES string of the molecule is COCCOCC(O)CNCCCN1CCCC1. The summed E-state index contributed by atoms with van der Waals surface area (Å²) < 4.78 is 10.1. The van der Waals surface area contributed by atoms with Gasteiger partial charge in [0.05, 0.1) is 25.9 Å². The van der Waals surface area contributed by atoms with Crippen molar-refractivity contribution in [3.8, 4) is 0 Å². The highest BCUT2D eigenvalue weighted by molar-refractivity contribution is 4.66. The van der Waals surface area contributed by atoms with Crippen molar-refractivity contribution in [1.29, 1.82) is 0 Å². The molecule has 1 saturated heterocycles. The molecule has 1 rings (SSSR count). The number of hydrogen-bond acceptors (Lipinski definition) is 5. The first-order chi connectivity index (χ1) is 8.83. The van der Waals surface area contributed by atoms with Crippen molar-refractivity contribution >= 4 is 0 Å². The number of hydrogen-bond donors (Lipinski definition) is 2. The van der Waals surface area contributed by atoms with E-state index in [9.17, 15) is 5.11 Å². The minimum atomic E-state index is -0.423. The molecule has 1 unspecified atom stereocenters. The molecule has 0 spiro atoms. The Labute approximate surface area is 110 Å². The van der Waals surface area contributed by atoms with E-state index in [-0.39, 0.29) is 0 Å². The number of aliphatic hydroxyl groups excluding tert-OH is 1. The minimum Gasteiger partial charge on any atom is -0.389 e. The van der Waals surface area contributed by atoms with Gasteiger partial charge in [-0.05, 0) is 45.4 Å². The van der Waals surface area contributed by atoms with Gasteiger partial charge in [0.15, 0.2) is 0 Å². The van der Waals surface area contributed by atoms with E-state index in [4.69, 9.17) is 9.47 Å². The largest absolute Gasteiger partial charge is 0.389 e. The van der Waals surface area contributed by atoms with Gasteiger partial charge in [0.2, 0.25) is 0 Å². The number of nitrogens with one attached hydrogen (secondary N) is 1. The lowest BCUT2D eigenvalue weighted by molar-refractivity contribution is 0.0138. The van der Waals surface area contributed by atoms with E-state index >= 15 is 0 Å².